The maximum absolute atomic E-state index is 5.67. The standard InChI is InChI=1S/C14H22BrNO4/c1-17-4-5-18-6-7-19-8-9-20-14-3-2-13(15)10-12(14)11-16/h2-3,10H,4-9,11,16H2,1H3. The zero-order valence-electron chi connectivity index (χ0n) is 11.8. The smallest absolute Gasteiger partial charge is 0.123 e. The van der Waals surface area contributed by atoms with Crippen molar-refractivity contribution in [2.24, 2.45) is 5.73 Å². The molecule has 0 bridgehead atoms. The van der Waals surface area contributed by atoms with Crippen LogP contribution in [0.1, 0.15) is 5.56 Å². The average Bonchev–Trinajstić information content (AvgIpc) is 2.46. The van der Waals surface area contributed by atoms with E-state index in [0.29, 0.717) is 46.2 Å². The molecule has 1 aromatic carbocycles. The summed E-state index contributed by atoms with van der Waals surface area (Å²) in [6.07, 6.45) is 0. The van der Waals surface area contributed by atoms with E-state index in [4.69, 9.17) is 24.7 Å². The van der Waals surface area contributed by atoms with Crippen LogP contribution in [0.15, 0.2) is 22.7 Å². The largest absolute Gasteiger partial charge is 0.491 e. The summed E-state index contributed by atoms with van der Waals surface area (Å²) >= 11 is 3.41. The highest BCUT2D eigenvalue weighted by molar-refractivity contribution is 9.10. The van der Waals surface area contributed by atoms with Crippen molar-refractivity contribution in [2.75, 3.05) is 46.8 Å². The van der Waals surface area contributed by atoms with Gasteiger partial charge >= 0.3 is 0 Å². The lowest BCUT2D eigenvalue weighted by atomic mass is 10.2. The fourth-order valence-corrected chi connectivity index (χ4v) is 1.93. The molecule has 0 atom stereocenters. The van der Waals surface area contributed by atoms with E-state index in [2.05, 4.69) is 15.9 Å². The van der Waals surface area contributed by atoms with Gasteiger partial charge in [0.25, 0.3) is 0 Å². The van der Waals surface area contributed by atoms with Gasteiger partial charge in [-0.3, -0.25) is 0 Å². The minimum absolute atomic E-state index is 0.447. The Morgan fingerprint density at radius 1 is 1.00 bits per heavy atom. The summed E-state index contributed by atoms with van der Waals surface area (Å²) in [4.78, 5) is 0. The monoisotopic (exact) mass is 347 g/mol. The average molecular weight is 348 g/mol. The Bertz CT molecular complexity index is 376. The van der Waals surface area contributed by atoms with Gasteiger partial charge in [0.15, 0.2) is 0 Å². The van der Waals surface area contributed by atoms with E-state index in [1.165, 1.54) is 0 Å². The summed E-state index contributed by atoms with van der Waals surface area (Å²) in [6.45, 7) is 3.78. The van der Waals surface area contributed by atoms with Crippen LogP contribution in [0.3, 0.4) is 0 Å². The highest BCUT2D eigenvalue weighted by Gasteiger charge is 2.02. The van der Waals surface area contributed by atoms with Crippen molar-refractivity contribution in [3.63, 3.8) is 0 Å². The highest BCUT2D eigenvalue weighted by atomic mass is 79.9. The molecule has 0 aliphatic heterocycles. The van der Waals surface area contributed by atoms with Crippen LogP contribution in [0.25, 0.3) is 0 Å². The van der Waals surface area contributed by atoms with Gasteiger partial charge in [-0.25, -0.2) is 0 Å². The number of hydrogen-bond donors (Lipinski definition) is 1. The van der Waals surface area contributed by atoms with Crippen molar-refractivity contribution in [3.05, 3.63) is 28.2 Å². The molecule has 0 radical (unpaired) electrons. The summed E-state index contributed by atoms with van der Waals surface area (Å²) in [5, 5.41) is 0. The van der Waals surface area contributed by atoms with E-state index in [0.717, 1.165) is 15.8 Å². The number of hydrogen-bond acceptors (Lipinski definition) is 5. The normalized spacial score (nSPS) is 10.8. The van der Waals surface area contributed by atoms with Crippen LogP contribution in [-0.2, 0) is 20.8 Å². The van der Waals surface area contributed by atoms with Crippen LogP contribution in [0.2, 0.25) is 0 Å². The predicted molar refractivity (Wildman–Crippen MR) is 81.0 cm³/mol. The van der Waals surface area contributed by atoms with Gasteiger partial charge in [0.05, 0.1) is 33.0 Å². The molecule has 0 amide bonds. The molecule has 20 heavy (non-hydrogen) atoms. The molecule has 0 unspecified atom stereocenters. The molecule has 0 heterocycles. The molecule has 0 aliphatic rings. The highest BCUT2D eigenvalue weighted by Crippen LogP contribution is 2.22. The molecule has 0 spiro atoms. The van der Waals surface area contributed by atoms with Gasteiger partial charge in [0.2, 0.25) is 0 Å². The number of methoxy groups -OCH3 is 1. The molecule has 0 saturated heterocycles. The van der Waals surface area contributed by atoms with E-state index < -0.39 is 0 Å². The summed E-state index contributed by atoms with van der Waals surface area (Å²) in [6, 6.07) is 5.79. The Labute approximate surface area is 128 Å². The summed E-state index contributed by atoms with van der Waals surface area (Å²) in [5.74, 6) is 0.802. The molecule has 0 aromatic heterocycles. The Hall–Kier alpha value is -0.660. The second-order valence-electron chi connectivity index (χ2n) is 4.02. The van der Waals surface area contributed by atoms with Gasteiger partial charge < -0.3 is 24.7 Å². The molecule has 6 heteroatoms. The number of halogens is 1. The van der Waals surface area contributed by atoms with E-state index in [1.54, 1.807) is 7.11 Å². The van der Waals surface area contributed by atoms with Crippen molar-refractivity contribution in [1.82, 2.24) is 0 Å². The molecule has 2 N–H and O–H groups in total. The molecule has 0 saturated carbocycles. The lowest BCUT2D eigenvalue weighted by Crippen LogP contribution is -2.13. The Morgan fingerprint density at radius 3 is 2.30 bits per heavy atom. The zero-order chi connectivity index (χ0) is 14.6. The molecule has 5 nitrogen and oxygen atoms in total. The SMILES string of the molecule is COCCOCCOCCOc1ccc(Br)cc1CN. The van der Waals surface area contributed by atoms with E-state index in [1.807, 2.05) is 18.2 Å². The molecule has 0 fully saturated rings. The summed E-state index contributed by atoms with van der Waals surface area (Å²) < 4.78 is 22.2. The number of rotatable bonds is 11. The molecule has 114 valence electrons. The summed E-state index contributed by atoms with van der Waals surface area (Å²) in [7, 11) is 1.65. The first-order valence-corrected chi connectivity index (χ1v) is 7.33. The first kappa shape index (κ1) is 17.4. The van der Waals surface area contributed by atoms with Gasteiger partial charge in [-0.1, -0.05) is 15.9 Å². The molecule has 1 rings (SSSR count). The minimum Gasteiger partial charge on any atom is -0.491 e. The Balaban J connectivity index is 2.09. The topological polar surface area (TPSA) is 62.9 Å². The van der Waals surface area contributed by atoms with E-state index in [9.17, 15) is 0 Å². The van der Waals surface area contributed by atoms with Crippen LogP contribution in [0.5, 0.6) is 5.75 Å². The lowest BCUT2D eigenvalue weighted by molar-refractivity contribution is 0.0179. The maximum atomic E-state index is 5.67. The van der Waals surface area contributed by atoms with Crippen molar-refractivity contribution < 1.29 is 18.9 Å². The van der Waals surface area contributed by atoms with Crippen molar-refractivity contribution in [1.29, 1.82) is 0 Å². The quantitative estimate of drug-likeness (QED) is 0.620. The van der Waals surface area contributed by atoms with Crippen molar-refractivity contribution in [3.8, 4) is 5.75 Å². The number of benzene rings is 1. The molecule has 0 aliphatic carbocycles. The lowest BCUT2D eigenvalue weighted by Gasteiger charge is -2.11. The first-order valence-electron chi connectivity index (χ1n) is 6.53. The van der Waals surface area contributed by atoms with Crippen LogP contribution in [0.4, 0.5) is 0 Å². The third kappa shape index (κ3) is 7.21. The molecular formula is C14H22BrNO4. The first-order chi connectivity index (χ1) is 9.77. The number of nitrogens with two attached hydrogens (primary N) is 1. The van der Waals surface area contributed by atoms with Gasteiger partial charge in [-0.15, -0.1) is 0 Å². The molecule has 1 aromatic rings. The molecular weight excluding hydrogens is 326 g/mol. The maximum Gasteiger partial charge on any atom is 0.123 e. The van der Waals surface area contributed by atoms with Gasteiger partial charge in [0.1, 0.15) is 12.4 Å². The fraction of sp³-hybridized carbons (Fsp3) is 0.571. The van der Waals surface area contributed by atoms with Crippen molar-refractivity contribution in [2.45, 2.75) is 6.54 Å². The second kappa shape index (κ2) is 11.0. The Kier molecular flexibility index (Phi) is 9.61. The van der Waals surface area contributed by atoms with Crippen molar-refractivity contribution >= 4 is 15.9 Å². The van der Waals surface area contributed by atoms with Crippen LogP contribution in [-0.4, -0.2) is 46.8 Å². The fourth-order valence-electron chi connectivity index (χ4n) is 1.52. The van der Waals surface area contributed by atoms with Crippen LogP contribution < -0.4 is 10.5 Å². The summed E-state index contributed by atoms with van der Waals surface area (Å²) in [5.41, 5.74) is 6.64. The van der Waals surface area contributed by atoms with E-state index in [-0.39, 0.29) is 0 Å². The Morgan fingerprint density at radius 2 is 1.65 bits per heavy atom. The van der Waals surface area contributed by atoms with Crippen LogP contribution >= 0.6 is 15.9 Å². The predicted octanol–water partition coefficient (Wildman–Crippen LogP) is 1.97. The second-order valence-corrected chi connectivity index (χ2v) is 4.94. The third-order valence-electron chi connectivity index (χ3n) is 2.53. The zero-order valence-corrected chi connectivity index (χ0v) is 13.4. The minimum atomic E-state index is 0.447. The number of ether oxygens (including phenoxy) is 4. The van der Waals surface area contributed by atoms with Gasteiger partial charge in [-0.2, -0.15) is 0 Å². The van der Waals surface area contributed by atoms with E-state index >= 15 is 0 Å². The van der Waals surface area contributed by atoms with Crippen LogP contribution in [0, 0.1) is 0 Å². The van der Waals surface area contributed by atoms with Gasteiger partial charge in [-0.05, 0) is 18.2 Å². The third-order valence-corrected chi connectivity index (χ3v) is 3.02. The van der Waals surface area contributed by atoms with Gasteiger partial charge in [0, 0.05) is 23.7 Å².